The fraction of sp³-hybridized carbons (Fsp3) is 0.0769. The highest BCUT2D eigenvalue weighted by molar-refractivity contribution is 7.98. The van der Waals surface area contributed by atoms with E-state index in [9.17, 15) is 4.39 Å². The summed E-state index contributed by atoms with van der Waals surface area (Å²) in [6.45, 7) is 0. The first-order chi connectivity index (χ1) is 8.18. The molecule has 0 bridgehead atoms. The molecule has 0 amide bonds. The maximum Gasteiger partial charge on any atom is 0.136 e. The van der Waals surface area contributed by atoms with Crippen molar-refractivity contribution in [3.05, 3.63) is 58.9 Å². The SMILES string of the molecule is Nc1cccc(Cl)c1CSc1ccccc1F. The normalized spacial score (nSPS) is 10.5. The summed E-state index contributed by atoms with van der Waals surface area (Å²) in [6.07, 6.45) is 0. The number of thioether (sulfide) groups is 1. The van der Waals surface area contributed by atoms with Gasteiger partial charge in [0, 0.05) is 26.9 Å². The van der Waals surface area contributed by atoms with Gasteiger partial charge < -0.3 is 5.73 Å². The Labute approximate surface area is 109 Å². The molecule has 0 aliphatic heterocycles. The Kier molecular flexibility index (Phi) is 3.92. The van der Waals surface area contributed by atoms with Crippen molar-refractivity contribution >= 4 is 29.1 Å². The Bertz CT molecular complexity index is 510. The standard InChI is InChI=1S/C13H11ClFNS/c14-10-4-3-6-12(16)9(10)8-17-13-7-2-1-5-11(13)15/h1-7H,8,16H2. The van der Waals surface area contributed by atoms with E-state index in [1.54, 1.807) is 36.4 Å². The van der Waals surface area contributed by atoms with Crippen LogP contribution >= 0.6 is 23.4 Å². The Morgan fingerprint density at radius 3 is 2.59 bits per heavy atom. The van der Waals surface area contributed by atoms with E-state index in [-0.39, 0.29) is 5.82 Å². The maximum atomic E-state index is 13.4. The van der Waals surface area contributed by atoms with Crippen LogP contribution in [0.15, 0.2) is 47.4 Å². The minimum absolute atomic E-state index is 0.219. The molecule has 0 fully saturated rings. The molecule has 2 aromatic rings. The van der Waals surface area contributed by atoms with Crippen molar-refractivity contribution in [2.24, 2.45) is 0 Å². The quantitative estimate of drug-likeness (QED) is 0.661. The molecule has 0 saturated heterocycles. The highest BCUT2D eigenvalue weighted by Crippen LogP contribution is 2.31. The molecule has 0 saturated carbocycles. The number of hydrogen-bond donors (Lipinski definition) is 1. The molecule has 0 aliphatic carbocycles. The molecule has 0 spiro atoms. The van der Waals surface area contributed by atoms with Gasteiger partial charge in [-0.25, -0.2) is 4.39 Å². The van der Waals surface area contributed by atoms with Gasteiger partial charge in [0.25, 0.3) is 0 Å². The van der Waals surface area contributed by atoms with Crippen molar-refractivity contribution in [1.29, 1.82) is 0 Å². The minimum Gasteiger partial charge on any atom is -0.398 e. The highest BCUT2D eigenvalue weighted by Gasteiger charge is 2.07. The molecule has 0 radical (unpaired) electrons. The monoisotopic (exact) mass is 267 g/mol. The zero-order chi connectivity index (χ0) is 12.3. The van der Waals surface area contributed by atoms with Gasteiger partial charge in [0.05, 0.1) is 0 Å². The second-order valence-corrected chi connectivity index (χ2v) is 4.95. The zero-order valence-electron chi connectivity index (χ0n) is 8.99. The second-order valence-electron chi connectivity index (χ2n) is 3.53. The van der Waals surface area contributed by atoms with Crippen LogP contribution in [0, 0.1) is 5.82 Å². The van der Waals surface area contributed by atoms with Crippen LogP contribution in [0.2, 0.25) is 5.02 Å². The summed E-state index contributed by atoms with van der Waals surface area (Å²) in [4.78, 5) is 0.604. The van der Waals surface area contributed by atoms with Crippen molar-refractivity contribution in [2.75, 3.05) is 5.73 Å². The summed E-state index contributed by atoms with van der Waals surface area (Å²) >= 11 is 7.44. The van der Waals surface area contributed by atoms with Gasteiger partial charge in [-0.15, -0.1) is 11.8 Å². The fourth-order valence-electron chi connectivity index (χ4n) is 1.44. The topological polar surface area (TPSA) is 26.0 Å². The van der Waals surface area contributed by atoms with E-state index in [0.717, 1.165) is 5.56 Å². The number of nitrogen functional groups attached to an aromatic ring is 1. The Morgan fingerprint density at radius 2 is 1.88 bits per heavy atom. The summed E-state index contributed by atoms with van der Waals surface area (Å²) in [5.74, 6) is 0.343. The lowest BCUT2D eigenvalue weighted by molar-refractivity contribution is 0.602. The molecule has 0 atom stereocenters. The summed E-state index contributed by atoms with van der Waals surface area (Å²) in [7, 11) is 0. The van der Waals surface area contributed by atoms with E-state index >= 15 is 0 Å². The van der Waals surface area contributed by atoms with Crippen molar-refractivity contribution in [3.63, 3.8) is 0 Å². The van der Waals surface area contributed by atoms with Crippen molar-refractivity contribution in [2.45, 2.75) is 10.6 Å². The van der Waals surface area contributed by atoms with E-state index in [2.05, 4.69) is 0 Å². The molecule has 17 heavy (non-hydrogen) atoms. The van der Waals surface area contributed by atoms with Gasteiger partial charge in [0.2, 0.25) is 0 Å². The third kappa shape index (κ3) is 2.93. The van der Waals surface area contributed by atoms with E-state index in [0.29, 0.717) is 21.4 Å². The first-order valence-electron chi connectivity index (χ1n) is 5.08. The number of benzene rings is 2. The van der Waals surface area contributed by atoms with Gasteiger partial charge in [-0.05, 0) is 24.3 Å². The van der Waals surface area contributed by atoms with Crippen molar-refractivity contribution < 1.29 is 4.39 Å². The van der Waals surface area contributed by atoms with Crippen molar-refractivity contribution in [3.8, 4) is 0 Å². The molecular weight excluding hydrogens is 257 g/mol. The molecule has 2 rings (SSSR count). The second kappa shape index (κ2) is 5.43. The van der Waals surface area contributed by atoms with Gasteiger partial charge in [-0.1, -0.05) is 29.8 Å². The largest absolute Gasteiger partial charge is 0.398 e. The van der Waals surface area contributed by atoms with Crippen LogP contribution in [0.25, 0.3) is 0 Å². The number of nitrogens with two attached hydrogens (primary N) is 1. The van der Waals surface area contributed by atoms with E-state index in [1.165, 1.54) is 17.8 Å². The Morgan fingerprint density at radius 1 is 1.12 bits per heavy atom. The average Bonchev–Trinajstić information content (AvgIpc) is 2.30. The van der Waals surface area contributed by atoms with Gasteiger partial charge in [-0.2, -0.15) is 0 Å². The molecule has 0 aromatic heterocycles. The van der Waals surface area contributed by atoms with Crippen molar-refractivity contribution in [1.82, 2.24) is 0 Å². The maximum absolute atomic E-state index is 13.4. The molecule has 4 heteroatoms. The van der Waals surface area contributed by atoms with Gasteiger partial charge in [0.15, 0.2) is 0 Å². The van der Waals surface area contributed by atoms with E-state index in [1.807, 2.05) is 0 Å². The highest BCUT2D eigenvalue weighted by atomic mass is 35.5. The van der Waals surface area contributed by atoms with Crippen LogP contribution in [0.1, 0.15) is 5.56 Å². The average molecular weight is 268 g/mol. The first-order valence-corrected chi connectivity index (χ1v) is 6.45. The van der Waals surface area contributed by atoms with Gasteiger partial charge in [-0.3, -0.25) is 0 Å². The number of halogens is 2. The summed E-state index contributed by atoms with van der Waals surface area (Å²) in [5.41, 5.74) is 7.32. The molecule has 88 valence electrons. The fourth-order valence-corrected chi connectivity index (χ4v) is 2.77. The van der Waals surface area contributed by atoms with Crippen LogP contribution in [0.4, 0.5) is 10.1 Å². The molecule has 0 unspecified atom stereocenters. The van der Waals surface area contributed by atoms with Gasteiger partial charge >= 0.3 is 0 Å². The van der Waals surface area contributed by atoms with E-state index < -0.39 is 0 Å². The summed E-state index contributed by atoms with van der Waals surface area (Å²) in [5, 5.41) is 0.619. The van der Waals surface area contributed by atoms with E-state index in [4.69, 9.17) is 17.3 Å². The lowest BCUT2D eigenvalue weighted by Crippen LogP contribution is -1.93. The summed E-state index contributed by atoms with van der Waals surface area (Å²) < 4.78 is 13.4. The Hall–Kier alpha value is -1.19. The van der Waals surface area contributed by atoms with Crippen LogP contribution < -0.4 is 5.73 Å². The molecular formula is C13H11ClFNS. The smallest absolute Gasteiger partial charge is 0.136 e. The molecule has 0 aliphatic rings. The minimum atomic E-state index is -0.219. The Balaban J connectivity index is 2.16. The third-order valence-corrected chi connectivity index (χ3v) is 3.79. The first kappa shape index (κ1) is 12.3. The molecule has 2 N–H and O–H groups in total. The van der Waals surface area contributed by atoms with Crippen LogP contribution in [0.3, 0.4) is 0 Å². The zero-order valence-corrected chi connectivity index (χ0v) is 10.6. The number of hydrogen-bond acceptors (Lipinski definition) is 2. The van der Waals surface area contributed by atoms with Crippen LogP contribution in [-0.2, 0) is 5.75 Å². The lowest BCUT2D eigenvalue weighted by Gasteiger charge is -2.08. The van der Waals surface area contributed by atoms with Crippen LogP contribution in [-0.4, -0.2) is 0 Å². The summed E-state index contributed by atoms with van der Waals surface area (Å²) in [6, 6.07) is 12.0. The van der Waals surface area contributed by atoms with Gasteiger partial charge in [0.1, 0.15) is 5.82 Å². The molecule has 0 heterocycles. The van der Waals surface area contributed by atoms with Crippen LogP contribution in [0.5, 0.6) is 0 Å². The molecule has 1 nitrogen and oxygen atoms in total. The lowest BCUT2D eigenvalue weighted by atomic mass is 10.2. The predicted octanol–water partition coefficient (Wildman–Crippen LogP) is 4.35. The predicted molar refractivity (Wildman–Crippen MR) is 71.8 cm³/mol. The molecule has 2 aromatic carbocycles. The number of rotatable bonds is 3. The number of anilines is 1. The third-order valence-electron chi connectivity index (χ3n) is 2.36.